The minimum atomic E-state index is -0.475. The summed E-state index contributed by atoms with van der Waals surface area (Å²) in [5.41, 5.74) is 5.07. The molecule has 3 aliphatic carbocycles. The third-order valence-electron chi connectivity index (χ3n) is 7.27. The van der Waals surface area contributed by atoms with Crippen LogP contribution in [0.4, 0.5) is 0 Å². The Kier molecular flexibility index (Phi) is 4.93. The molecule has 35 heavy (non-hydrogen) atoms. The Morgan fingerprint density at radius 3 is 1.94 bits per heavy atom. The number of amides is 2. The van der Waals surface area contributed by atoms with Crippen LogP contribution < -0.4 is 9.47 Å². The largest absolute Gasteiger partial charge is 0.497 e. The highest BCUT2D eigenvalue weighted by Gasteiger charge is 2.61. The van der Waals surface area contributed by atoms with Crippen LogP contribution in [0.25, 0.3) is 0 Å². The van der Waals surface area contributed by atoms with E-state index < -0.39 is 11.8 Å². The maximum absolute atomic E-state index is 13.7. The predicted octanol–water partition coefficient (Wildman–Crippen LogP) is 3.93. The number of carbonyl (C=O) groups is 2. The van der Waals surface area contributed by atoms with E-state index in [1.165, 1.54) is 6.21 Å². The van der Waals surface area contributed by atoms with Gasteiger partial charge in [0.15, 0.2) is 0 Å². The Morgan fingerprint density at radius 1 is 0.914 bits per heavy atom. The number of terminal acetylenes is 1. The van der Waals surface area contributed by atoms with Crippen molar-refractivity contribution in [2.75, 3.05) is 13.7 Å². The average Bonchev–Trinajstić information content (AvgIpc) is 3.16. The van der Waals surface area contributed by atoms with Gasteiger partial charge in [-0.1, -0.05) is 54.5 Å². The van der Waals surface area contributed by atoms with Crippen molar-refractivity contribution in [2.24, 2.45) is 16.9 Å². The molecule has 4 aliphatic rings. The first-order chi connectivity index (χ1) is 17.1. The molecule has 2 atom stereocenters. The highest BCUT2D eigenvalue weighted by atomic mass is 16.5. The molecule has 2 amide bonds. The summed E-state index contributed by atoms with van der Waals surface area (Å²) in [6, 6.07) is 21.5. The minimum absolute atomic E-state index is 0.0821. The summed E-state index contributed by atoms with van der Waals surface area (Å²) in [4.78, 5) is 27.3. The minimum Gasteiger partial charge on any atom is -0.497 e. The van der Waals surface area contributed by atoms with Gasteiger partial charge in [-0.3, -0.25) is 9.59 Å². The van der Waals surface area contributed by atoms with Gasteiger partial charge in [0.25, 0.3) is 11.8 Å². The molecular formula is C29H22N2O4. The van der Waals surface area contributed by atoms with Gasteiger partial charge in [-0.2, -0.15) is 10.1 Å². The van der Waals surface area contributed by atoms with Crippen molar-refractivity contribution in [1.29, 1.82) is 0 Å². The monoisotopic (exact) mass is 462 g/mol. The Bertz CT molecular complexity index is 1320. The number of methoxy groups -OCH3 is 1. The molecule has 0 aromatic heterocycles. The number of nitrogens with zero attached hydrogens (tertiary/aromatic N) is 2. The lowest BCUT2D eigenvalue weighted by molar-refractivity contribution is -0.139. The maximum Gasteiger partial charge on any atom is 0.254 e. The van der Waals surface area contributed by atoms with E-state index in [0.717, 1.165) is 27.3 Å². The topological polar surface area (TPSA) is 68.2 Å². The Balaban J connectivity index is 1.40. The van der Waals surface area contributed by atoms with Gasteiger partial charge < -0.3 is 9.47 Å². The van der Waals surface area contributed by atoms with Crippen LogP contribution >= 0.6 is 0 Å². The zero-order chi connectivity index (χ0) is 24.1. The molecule has 3 aromatic rings. The molecule has 6 heteroatoms. The van der Waals surface area contributed by atoms with Crippen LogP contribution in [0.3, 0.4) is 0 Å². The number of hydrazone groups is 1. The number of ether oxygens (including phenoxy) is 2. The van der Waals surface area contributed by atoms with E-state index in [2.05, 4.69) is 35.3 Å². The molecule has 0 saturated carbocycles. The van der Waals surface area contributed by atoms with Gasteiger partial charge in [-0.15, -0.1) is 6.42 Å². The maximum atomic E-state index is 13.7. The summed E-state index contributed by atoms with van der Waals surface area (Å²) in [5.74, 6) is 1.69. The molecule has 0 N–H and O–H groups in total. The van der Waals surface area contributed by atoms with Crippen molar-refractivity contribution in [3.63, 3.8) is 0 Å². The molecule has 0 radical (unpaired) electrons. The predicted molar refractivity (Wildman–Crippen MR) is 130 cm³/mol. The zero-order valence-electron chi connectivity index (χ0n) is 19.0. The van der Waals surface area contributed by atoms with Crippen molar-refractivity contribution >= 4 is 18.0 Å². The quantitative estimate of drug-likeness (QED) is 0.327. The first-order valence-electron chi connectivity index (χ1n) is 11.5. The van der Waals surface area contributed by atoms with E-state index in [1.807, 2.05) is 24.3 Å². The molecule has 1 heterocycles. The van der Waals surface area contributed by atoms with Crippen molar-refractivity contribution in [2.45, 2.75) is 11.8 Å². The van der Waals surface area contributed by atoms with E-state index in [-0.39, 0.29) is 30.3 Å². The number of imide groups is 1. The Morgan fingerprint density at radius 2 is 1.46 bits per heavy atom. The van der Waals surface area contributed by atoms with Crippen molar-refractivity contribution in [1.82, 2.24) is 5.01 Å². The molecule has 0 spiro atoms. The molecule has 1 aliphatic heterocycles. The van der Waals surface area contributed by atoms with Gasteiger partial charge >= 0.3 is 0 Å². The van der Waals surface area contributed by atoms with Gasteiger partial charge in [0.1, 0.15) is 18.1 Å². The van der Waals surface area contributed by atoms with Gasteiger partial charge in [0.2, 0.25) is 0 Å². The molecular weight excluding hydrogens is 440 g/mol. The molecule has 2 bridgehead atoms. The number of hydrogen-bond acceptors (Lipinski definition) is 5. The molecule has 1 saturated heterocycles. The van der Waals surface area contributed by atoms with E-state index in [1.54, 1.807) is 25.3 Å². The van der Waals surface area contributed by atoms with Crippen LogP contribution in [-0.2, 0) is 9.59 Å². The van der Waals surface area contributed by atoms with E-state index in [9.17, 15) is 9.59 Å². The summed E-state index contributed by atoms with van der Waals surface area (Å²) in [7, 11) is 1.56. The number of benzene rings is 3. The van der Waals surface area contributed by atoms with Crippen LogP contribution in [0.2, 0.25) is 0 Å². The van der Waals surface area contributed by atoms with Gasteiger partial charge in [-0.05, 0) is 40.5 Å². The summed E-state index contributed by atoms with van der Waals surface area (Å²) in [6.07, 6.45) is 6.79. The van der Waals surface area contributed by atoms with Crippen LogP contribution in [0.5, 0.6) is 11.5 Å². The van der Waals surface area contributed by atoms with Crippen molar-refractivity contribution in [3.05, 3.63) is 94.5 Å². The summed E-state index contributed by atoms with van der Waals surface area (Å²) in [5, 5.41) is 5.41. The van der Waals surface area contributed by atoms with E-state index >= 15 is 0 Å². The van der Waals surface area contributed by atoms with Crippen LogP contribution in [0.1, 0.15) is 39.7 Å². The zero-order valence-corrected chi connectivity index (χ0v) is 19.0. The second-order valence-corrected chi connectivity index (χ2v) is 8.89. The summed E-state index contributed by atoms with van der Waals surface area (Å²) >= 11 is 0. The highest BCUT2D eigenvalue weighted by Crippen LogP contribution is 2.60. The Labute approximate surface area is 203 Å². The normalized spacial score (nSPS) is 23.6. The lowest BCUT2D eigenvalue weighted by atomic mass is 9.55. The highest BCUT2D eigenvalue weighted by molar-refractivity contribution is 6.08. The SMILES string of the molecule is C#CCOc1ccc(OC)cc1C=NN1C(=O)C2C3c4ccccc4C(c4ccccc43)C2C1=O. The fraction of sp³-hybridized carbons (Fsp3) is 0.207. The molecule has 172 valence electrons. The van der Waals surface area contributed by atoms with Crippen LogP contribution in [0.15, 0.2) is 71.8 Å². The van der Waals surface area contributed by atoms with E-state index in [0.29, 0.717) is 17.1 Å². The standard InChI is InChI=1S/C29H22N2O4/c1-3-14-35-23-13-12-18(34-2)15-17(23)16-30-31-28(32)26-24-19-8-4-5-9-20(19)25(27(26)29(31)33)22-11-7-6-10-21(22)24/h1,4-13,15-16,24-27H,14H2,2H3. The van der Waals surface area contributed by atoms with Gasteiger partial charge in [-0.25, -0.2) is 0 Å². The van der Waals surface area contributed by atoms with E-state index in [4.69, 9.17) is 15.9 Å². The van der Waals surface area contributed by atoms with Gasteiger partial charge in [0, 0.05) is 17.4 Å². The van der Waals surface area contributed by atoms with Crippen LogP contribution in [-0.4, -0.2) is 36.8 Å². The smallest absolute Gasteiger partial charge is 0.254 e. The first-order valence-corrected chi connectivity index (χ1v) is 11.5. The lowest BCUT2D eigenvalue weighted by Gasteiger charge is -2.45. The second-order valence-electron chi connectivity index (χ2n) is 8.89. The third-order valence-corrected chi connectivity index (χ3v) is 7.27. The first kappa shape index (κ1) is 21.2. The Hall–Kier alpha value is -4.37. The summed E-state index contributed by atoms with van der Waals surface area (Å²) in [6.45, 7) is 0.0821. The second kappa shape index (κ2) is 8.14. The molecule has 3 aromatic carbocycles. The fourth-order valence-electron chi connectivity index (χ4n) is 5.90. The third kappa shape index (κ3) is 3.08. The number of carbonyl (C=O) groups excluding carboxylic acids is 2. The number of hydrogen-bond donors (Lipinski definition) is 0. The van der Waals surface area contributed by atoms with Crippen molar-refractivity contribution < 1.29 is 19.1 Å². The number of rotatable bonds is 5. The summed E-state index contributed by atoms with van der Waals surface area (Å²) < 4.78 is 10.9. The lowest BCUT2D eigenvalue weighted by Crippen LogP contribution is -2.41. The molecule has 2 unspecified atom stereocenters. The van der Waals surface area contributed by atoms with Gasteiger partial charge in [0.05, 0.1) is 25.2 Å². The average molecular weight is 463 g/mol. The molecule has 6 nitrogen and oxygen atoms in total. The van der Waals surface area contributed by atoms with Crippen LogP contribution in [0, 0.1) is 24.2 Å². The molecule has 1 fully saturated rings. The molecule has 7 rings (SSSR count). The van der Waals surface area contributed by atoms with Crippen molar-refractivity contribution in [3.8, 4) is 23.8 Å². The fourth-order valence-corrected chi connectivity index (χ4v) is 5.90.